The molecule has 1 saturated carbocycles. The summed E-state index contributed by atoms with van der Waals surface area (Å²) >= 11 is 0. The highest BCUT2D eigenvalue weighted by Gasteiger charge is 2.49. The van der Waals surface area contributed by atoms with Crippen molar-refractivity contribution in [3.05, 3.63) is 23.8 Å². The molecule has 20 heavy (non-hydrogen) atoms. The van der Waals surface area contributed by atoms with Crippen LogP contribution in [0.25, 0.3) is 0 Å². The van der Waals surface area contributed by atoms with E-state index in [0.717, 1.165) is 24.3 Å². The predicted octanol–water partition coefficient (Wildman–Crippen LogP) is 2.62. The smallest absolute Gasteiger partial charge is 0.127 e. The van der Waals surface area contributed by atoms with Crippen LogP contribution < -0.4 is 10.1 Å². The minimum atomic E-state index is 0.148. The van der Waals surface area contributed by atoms with Gasteiger partial charge in [-0.2, -0.15) is 0 Å². The van der Waals surface area contributed by atoms with Gasteiger partial charge in [0.15, 0.2) is 0 Å². The highest BCUT2D eigenvalue weighted by atomic mass is 16.5. The molecule has 4 nitrogen and oxygen atoms in total. The van der Waals surface area contributed by atoms with Crippen LogP contribution in [0.3, 0.4) is 0 Å². The fraction of sp³-hybridized carbons (Fsp3) is 0.625. The zero-order valence-corrected chi connectivity index (χ0v) is 12.3. The van der Waals surface area contributed by atoms with Crippen LogP contribution in [0.15, 0.2) is 18.2 Å². The van der Waals surface area contributed by atoms with Crippen molar-refractivity contribution in [3.63, 3.8) is 0 Å². The van der Waals surface area contributed by atoms with Crippen molar-refractivity contribution in [3.8, 4) is 11.5 Å². The maximum Gasteiger partial charge on any atom is 0.127 e. The van der Waals surface area contributed by atoms with Crippen LogP contribution in [-0.2, 0) is 4.74 Å². The summed E-state index contributed by atoms with van der Waals surface area (Å²) in [5.74, 6) is 1.05. The number of aromatic hydroxyl groups is 1. The van der Waals surface area contributed by atoms with Crippen molar-refractivity contribution in [1.29, 1.82) is 0 Å². The summed E-state index contributed by atoms with van der Waals surface area (Å²) < 4.78 is 11.4. The second-order valence-electron chi connectivity index (χ2n) is 6.31. The van der Waals surface area contributed by atoms with Crippen molar-refractivity contribution < 1.29 is 14.6 Å². The standard InChI is InChI=1S/C16H23NO3/c1-4-19-15-8-14(16(15,2)3)17-12-9-20-13-7-10(18)5-6-11(12)13/h5-7,12,14-15,17-18H,4,8-9H2,1-3H3. The number of hydrogen-bond donors (Lipinski definition) is 2. The molecule has 1 aliphatic carbocycles. The summed E-state index contributed by atoms with van der Waals surface area (Å²) in [4.78, 5) is 0. The molecule has 1 aliphatic heterocycles. The molecule has 0 radical (unpaired) electrons. The predicted molar refractivity (Wildman–Crippen MR) is 77.1 cm³/mol. The topological polar surface area (TPSA) is 50.7 Å². The Bertz CT molecular complexity index is 500. The molecule has 1 heterocycles. The van der Waals surface area contributed by atoms with E-state index in [4.69, 9.17) is 9.47 Å². The lowest BCUT2D eigenvalue weighted by molar-refractivity contribution is -0.116. The van der Waals surface area contributed by atoms with Crippen LogP contribution in [0, 0.1) is 5.41 Å². The van der Waals surface area contributed by atoms with E-state index in [0.29, 0.717) is 18.8 Å². The number of hydrogen-bond acceptors (Lipinski definition) is 4. The average Bonchev–Trinajstić information content (AvgIpc) is 2.80. The van der Waals surface area contributed by atoms with Gasteiger partial charge in [-0.05, 0) is 25.5 Å². The number of rotatable bonds is 4. The SMILES string of the molecule is CCOC1CC(NC2COc3cc(O)ccc32)C1(C)C. The van der Waals surface area contributed by atoms with E-state index < -0.39 is 0 Å². The Labute approximate surface area is 120 Å². The van der Waals surface area contributed by atoms with Gasteiger partial charge in [0.1, 0.15) is 18.1 Å². The van der Waals surface area contributed by atoms with Crippen molar-refractivity contribution in [2.45, 2.75) is 45.4 Å². The quantitative estimate of drug-likeness (QED) is 0.888. The van der Waals surface area contributed by atoms with Crippen LogP contribution in [0.2, 0.25) is 0 Å². The Morgan fingerprint density at radius 2 is 2.25 bits per heavy atom. The minimum Gasteiger partial charge on any atom is -0.508 e. The first-order valence-electron chi connectivity index (χ1n) is 7.35. The fourth-order valence-corrected chi connectivity index (χ4v) is 3.23. The van der Waals surface area contributed by atoms with E-state index in [1.165, 1.54) is 0 Å². The molecule has 1 fully saturated rings. The normalized spacial score (nSPS) is 30.4. The van der Waals surface area contributed by atoms with Gasteiger partial charge in [0, 0.05) is 29.7 Å². The second kappa shape index (κ2) is 4.93. The number of phenols is 1. The van der Waals surface area contributed by atoms with E-state index in [1.54, 1.807) is 12.1 Å². The number of benzene rings is 1. The molecule has 0 aromatic heterocycles. The summed E-state index contributed by atoms with van der Waals surface area (Å²) in [6.07, 6.45) is 1.39. The Balaban J connectivity index is 1.67. The van der Waals surface area contributed by atoms with Gasteiger partial charge in [-0.15, -0.1) is 0 Å². The van der Waals surface area contributed by atoms with E-state index in [2.05, 4.69) is 19.2 Å². The lowest BCUT2D eigenvalue weighted by Crippen LogP contribution is -2.61. The summed E-state index contributed by atoms with van der Waals surface area (Å²) in [5.41, 5.74) is 1.29. The Morgan fingerprint density at radius 1 is 1.45 bits per heavy atom. The maximum atomic E-state index is 9.48. The van der Waals surface area contributed by atoms with Crippen molar-refractivity contribution in [2.75, 3.05) is 13.2 Å². The van der Waals surface area contributed by atoms with Crippen LogP contribution in [-0.4, -0.2) is 30.5 Å². The summed E-state index contributed by atoms with van der Waals surface area (Å²) in [6.45, 7) is 7.95. The van der Waals surface area contributed by atoms with E-state index >= 15 is 0 Å². The van der Waals surface area contributed by atoms with Gasteiger partial charge in [-0.3, -0.25) is 0 Å². The molecule has 3 unspecified atom stereocenters. The van der Waals surface area contributed by atoms with Crippen LogP contribution in [0.4, 0.5) is 0 Å². The van der Waals surface area contributed by atoms with Crippen molar-refractivity contribution in [1.82, 2.24) is 5.32 Å². The molecule has 0 bridgehead atoms. The molecular weight excluding hydrogens is 254 g/mol. The summed E-state index contributed by atoms with van der Waals surface area (Å²) in [5, 5.41) is 13.2. The molecular formula is C16H23NO3. The first kappa shape index (κ1) is 13.7. The van der Waals surface area contributed by atoms with E-state index in [1.807, 2.05) is 13.0 Å². The highest BCUT2D eigenvalue weighted by Crippen LogP contribution is 2.45. The van der Waals surface area contributed by atoms with Gasteiger partial charge in [-0.25, -0.2) is 0 Å². The van der Waals surface area contributed by atoms with Gasteiger partial charge < -0.3 is 19.9 Å². The van der Waals surface area contributed by atoms with E-state index in [-0.39, 0.29) is 17.2 Å². The third-order valence-corrected chi connectivity index (χ3v) is 4.73. The molecule has 2 aliphatic rings. The zero-order valence-electron chi connectivity index (χ0n) is 12.3. The summed E-state index contributed by atoms with van der Waals surface area (Å²) in [6, 6.07) is 5.99. The average molecular weight is 277 g/mol. The number of fused-ring (bicyclic) bond motifs is 1. The molecule has 0 saturated heterocycles. The van der Waals surface area contributed by atoms with Gasteiger partial charge >= 0.3 is 0 Å². The second-order valence-corrected chi connectivity index (χ2v) is 6.31. The maximum absolute atomic E-state index is 9.48. The lowest BCUT2D eigenvalue weighted by atomic mass is 9.64. The molecule has 110 valence electrons. The molecule has 3 atom stereocenters. The molecule has 1 aromatic carbocycles. The Hall–Kier alpha value is -1.26. The fourth-order valence-electron chi connectivity index (χ4n) is 3.23. The molecule has 4 heteroatoms. The van der Waals surface area contributed by atoms with Crippen LogP contribution >= 0.6 is 0 Å². The highest BCUT2D eigenvalue weighted by molar-refractivity contribution is 5.44. The zero-order chi connectivity index (χ0) is 14.3. The Morgan fingerprint density at radius 3 is 2.95 bits per heavy atom. The lowest BCUT2D eigenvalue weighted by Gasteiger charge is -2.52. The molecule has 3 rings (SSSR count). The molecule has 1 aromatic rings. The van der Waals surface area contributed by atoms with Gasteiger partial charge in [0.05, 0.1) is 12.1 Å². The molecule has 0 spiro atoms. The van der Waals surface area contributed by atoms with Gasteiger partial charge in [0.2, 0.25) is 0 Å². The number of ether oxygens (including phenoxy) is 2. The third kappa shape index (κ3) is 2.17. The first-order chi connectivity index (χ1) is 9.52. The van der Waals surface area contributed by atoms with Gasteiger partial charge in [0.25, 0.3) is 0 Å². The van der Waals surface area contributed by atoms with Crippen LogP contribution in [0.1, 0.15) is 38.8 Å². The van der Waals surface area contributed by atoms with Crippen molar-refractivity contribution >= 4 is 0 Å². The number of phenolic OH excluding ortho intramolecular Hbond substituents is 1. The largest absolute Gasteiger partial charge is 0.508 e. The molecule has 0 amide bonds. The third-order valence-electron chi connectivity index (χ3n) is 4.73. The first-order valence-corrected chi connectivity index (χ1v) is 7.35. The van der Waals surface area contributed by atoms with Crippen molar-refractivity contribution in [2.24, 2.45) is 5.41 Å². The summed E-state index contributed by atoms with van der Waals surface area (Å²) in [7, 11) is 0. The van der Waals surface area contributed by atoms with E-state index in [9.17, 15) is 5.11 Å². The minimum absolute atomic E-state index is 0.148. The Kier molecular flexibility index (Phi) is 3.38. The number of nitrogens with one attached hydrogen (secondary N) is 1. The van der Waals surface area contributed by atoms with Gasteiger partial charge in [-0.1, -0.05) is 13.8 Å². The monoisotopic (exact) mass is 277 g/mol. The molecule has 2 N–H and O–H groups in total. The van der Waals surface area contributed by atoms with Crippen LogP contribution in [0.5, 0.6) is 11.5 Å².